The molecular formula is C21H21N3O4. The van der Waals surface area contributed by atoms with Crippen LogP contribution < -0.4 is 14.2 Å². The van der Waals surface area contributed by atoms with Gasteiger partial charge in [0.05, 0.1) is 33.1 Å². The Balaban J connectivity index is 1.84. The molecule has 0 saturated carbocycles. The molecule has 3 aromatic rings. The van der Waals surface area contributed by atoms with Gasteiger partial charge in [-0.3, -0.25) is 9.89 Å². The van der Waals surface area contributed by atoms with Crippen LogP contribution in [0.3, 0.4) is 0 Å². The molecule has 0 unspecified atom stereocenters. The Labute approximate surface area is 162 Å². The summed E-state index contributed by atoms with van der Waals surface area (Å²) in [5, 5.41) is 7.35. The van der Waals surface area contributed by atoms with Crippen LogP contribution >= 0.6 is 0 Å². The second-order valence-electron chi connectivity index (χ2n) is 6.52. The third-order valence-electron chi connectivity index (χ3n) is 5.09. The Morgan fingerprint density at radius 1 is 0.964 bits per heavy atom. The molecule has 0 aliphatic carbocycles. The molecule has 1 atom stereocenters. The van der Waals surface area contributed by atoms with E-state index in [9.17, 15) is 4.79 Å². The Morgan fingerprint density at radius 3 is 2.32 bits per heavy atom. The number of carbonyl (C=O) groups is 1. The lowest BCUT2D eigenvalue weighted by atomic mass is 9.96. The lowest BCUT2D eigenvalue weighted by molar-refractivity contribution is 0.0787. The number of aromatic amines is 1. The van der Waals surface area contributed by atoms with E-state index in [-0.39, 0.29) is 11.9 Å². The lowest BCUT2D eigenvalue weighted by Crippen LogP contribution is -2.24. The number of H-pyrrole nitrogens is 1. The van der Waals surface area contributed by atoms with Crippen LogP contribution in [0.4, 0.5) is 0 Å². The number of ether oxygens (including phenoxy) is 3. The summed E-state index contributed by atoms with van der Waals surface area (Å²) in [6.07, 6.45) is 0. The van der Waals surface area contributed by atoms with E-state index in [1.165, 1.54) is 0 Å². The van der Waals surface area contributed by atoms with Crippen molar-refractivity contribution in [1.82, 2.24) is 15.1 Å². The predicted octanol–water partition coefficient (Wildman–Crippen LogP) is 3.28. The average Bonchev–Trinajstić information content (AvgIpc) is 3.27. The number of aromatic nitrogens is 2. The van der Waals surface area contributed by atoms with Gasteiger partial charge in [0, 0.05) is 18.2 Å². The van der Waals surface area contributed by atoms with E-state index in [4.69, 9.17) is 14.2 Å². The van der Waals surface area contributed by atoms with Crippen LogP contribution in [0.15, 0.2) is 42.5 Å². The third kappa shape index (κ3) is 2.67. The smallest absolute Gasteiger partial charge is 0.272 e. The number of nitrogens with one attached hydrogen (secondary N) is 1. The topological polar surface area (TPSA) is 76.7 Å². The average molecular weight is 379 g/mol. The van der Waals surface area contributed by atoms with Gasteiger partial charge in [-0.1, -0.05) is 6.07 Å². The Kier molecular flexibility index (Phi) is 4.43. The largest absolute Gasteiger partial charge is 0.497 e. The van der Waals surface area contributed by atoms with Crippen molar-refractivity contribution < 1.29 is 19.0 Å². The van der Waals surface area contributed by atoms with Crippen molar-refractivity contribution in [2.75, 3.05) is 28.4 Å². The molecule has 4 rings (SSSR count). The fraction of sp³-hybridized carbons (Fsp3) is 0.238. The molecule has 1 amide bonds. The van der Waals surface area contributed by atoms with E-state index in [2.05, 4.69) is 10.2 Å². The lowest BCUT2D eigenvalue weighted by Gasteiger charge is -2.23. The number of rotatable bonds is 5. The molecule has 0 bridgehead atoms. The SMILES string of the molecule is COc1ccc(-c2n[nH]c3c2[C@H](c2ccc(OC)c(OC)c2)N(C)C3=O)cc1. The summed E-state index contributed by atoms with van der Waals surface area (Å²) < 4.78 is 16.0. The molecule has 1 N–H and O–H groups in total. The normalized spacial score (nSPS) is 15.5. The number of nitrogens with zero attached hydrogens (tertiary/aromatic N) is 2. The monoisotopic (exact) mass is 379 g/mol. The predicted molar refractivity (Wildman–Crippen MR) is 104 cm³/mol. The van der Waals surface area contributed by atoms with Crippen molar-refractivity contribution in [3.05, 3.63) is 59.3 Å². The zero-order valence-corrected chi connectivity index (χ0v) is 16.1. The van der Waals surface area contributed by atoms with E-state index in [1.807, 2.05) is 42.5 Å². The standard InChI is InChI=1S/C21H21N3O4/c1-24-20(13-7-10-15(27-3)16(11-13)28-4)17-18(22-23-19(17)21(24)25)12-5-8-14(26-2)9-6-12/h5-11,20H,1-4H3,(H,22,23)/t20-/m0/s1. The summed E-state index contributed by atoms with van der Waals surface area (Å²) in [5.41, 5.74) is 3.93. The van der Waals surface area contributed by atoms with Crippen LogP contribution in [0.5, 0.6) is 17.2 Å². The minimum atomic E-state index is -0.279. The Hall–Kier alpha value is -3.48. The molecule has 7 heteroatoms. The van der Waals surface area contributed by atoms with Crippen LogP contribution in [0.1, 0.15) is 27.7 Å². The van der Waals surface area contributed by atoms with Gasteiger partial charge >= 0.3 is 0 Å². The first-order valence-corrected chi connectivity index (χ1v) is 8.80. The number of fused-ring (bicyclic) bond motifs is 1. The van der Waals surface area contributed by atoms with Gasteiger partial charge in [0.25, 0.3) is 5.91 Å². The van der Waals surface area contributed by atoms with Crippen molar-refractivity contribution in [1.29, 1.82) is 0 Å². The Bertz CT molecular complexity index is 1030. The highest BCUT2D eigenvalue weighted by molar-refractivity contribution is 6.00. The second-order valence-corrected chi connectivity index (χ2v) is 6.52. The number of hydrogen-bond donors (Lipinski definition) is 1. The number of methoxy groups -OCH3 is 3. The fourth-order valence-electron chi connectivity index (χ4n) is 3.65. The maximum Gasteiger partial charge on any atom is 0.272 e. The first-order chi connectivity index (χ1) is 13.6. The fourth-order valence-corrected chi connectivity index (χ4v) is 3.65. The van der Waals surface area contributed by atoms with E-state index in [1.54, 1.807) is 33.3 Å². The summed E-state index contributed by atoms with van der Waals surface area (Å²) >= 11 is 0. The first kappa shape index (κ1) is 17.9. The first-order valence-electron chi connectivity index (χ1n) is 8.80. The molecule has 1 aliphatic heterocycles. The molecule has 0 saturated heterocycles. The van der Waals surface area contributed by atoms with E-state index < -0.39 is 0 Å². The van der Waals surface area contributed by atoms with Crippen LogP contribution in [-0.2, 0) is 0 Å². The number of benzene rings is 2. The van der Waals surface area contributed by atoms with Crippen LogP contribution in [0.25, 0.3) is 11.3 Å². The number of hydrogen-bond acceptors (Lipinski definition) is 5. The van der Waals surface area contributed by atoms with Gasteiger partial charge in [0.2, 0.25) is 0 Å². The van der Waals surface area contributed by atoms with Crippen LogP contribution in [-0.4, -0.2) is 49.4 Å². The van der Waals surface area contributed by atoms with Crippen molar-refractivity contribution in [2.24, 2.45) is 0 Å². The second kappa shape index (κ2) is 6.92. The van der Waals surface area contributed by atoms with Crippen molar-refractivity contribution in [2.45, 2.75) is 6.04 Å². The molecule has 1 aromatic heterocycles. The highest BCUT2D eigenvalue weighted by Crippen LogP contribution is 2.43. The zero-order valence-electron chi connectivity index (χ0n) is 16.1. The van der Waals surface area contributed by atoms with Crippen molar-refractivity contribution in [3.63, 3.8) is 0 Å². The molecular weight excluding hydrogens is 358 g/mol. The molecule has 144 valence electrons. The minimum absolute atomic E-state index is 0.0953. The van der Waals surface area contributed by atoms with Gasteiger partial charge in [-0.15, -0.1) is 0 Å². The minimum Gasteiger partial charge on any atom is -0.497 e. The maximum absolute atomic E-state index is 12.8. The van der Waals surface area contributed by atoms with Crippen LogP contribution in [0.2, 0.25) is 0 Å². The van der Waals surface area contributed by atoms with Gasteiger partial charge < -0.3 is 19.1 Å². The molecule has 7 nitrogen and oxygen atoms in total. The molecule has 0 spiro atoms. The molecule has 2 aromatic carbocycles. The third-order valence-corrected chi connectivity index (χ3v) is 5.09. The molecule has 28 heavy (non-hydrogen) atoms. The van der Waals surface area contributed by atoms with Gasteiger partial charge in [0.15, 0.2) is 11.5 Å². The molecule has 0 fully saturated rings. The van der Waals surface area contributed by atoms with E-state index in [0.717, 1.165) is 28.1 Å². The summed E-state index contributed by atoms with van der Waals surface area (Å²) in [5.74, 6) is 1.92. The van der Waals surface area contributed by atoms with Gasteiger partial charge in [-0.25, -0.2) is 0 Å². The summed E-state index contributed by atoms with van der Waals surface area (Å²) in [6, 6.07) is 13.0. The zero-order chi connectivity index (χ0) is 19.8. The highest BCUT2D eigenvalue weighted by atomic mass is 16.5. The molecule has 2 heterocycles. The van der Waals surface area contributed by atoms with Crippen molar-refractivity contribution in [3.8, 4) is 28.5 Å². The van der Waals surface area contributed by atoms with Gasteiger partial charge in [-0.05, 0) is 42.0 Å². The van der Waals surface area contributed by atoms with E-state index in [0.29, 0.717) is 17.2 Å². The highest BCUT2D eigenvalue weighted by Gasteiger charge is 2.40. The van der Waals surface area contributed by atoms with E-state index >= 15 is 0 Å². The van der Waals surface area contributed by atoms with Crippen LogP contribution in [0, 0.1) is 0 Å². The quantitative estimate of drug-likeness (QED) is 0.736. The summed E-state index contributed by atoms with van der Waals surface area (Å²) in [6.45, 7) is 0. The van der Waals surface area contributed by atoms with Crippen molar-refractivity contribution >= 4 is 5.91 Å². The number of amides is 1. The summed E-state index contributed by atoms with van der Waals surface area (Å²) in [4.78, 5) is 14.5. The molecule has 1 aliphatic rings. The Morgan fingerprint density at radius 2 is 1.68 bits per heavy atom. The summed E-state index contributed by atoms with van der Waals surface area (Å²) in [7, 11) is 6.60. The number of carbonyl (C=O) groups excluding carboxylic acids is 1. The molecule has 0 radical (unpaired) electrons. The van der Waals surface area contributed by atoms with Gasteiger partial charge in [-0.2, -0.15) is 5.10 Å². The maximum atomic E-state index is 12.8. The van der Waals surface area contributed by atoms with Gasteiger partial charge in [0.1, 0.15) is 11.4 Å².